The highest BCUT2D eigenvalue weighted by molar-refractivity contribution is 7.13. The van der Waals surface area contributed by atoms with E-state index in [4.69, 9.17) is 20.0 Å². The number of allylic oxidation sites excluding steroid dienone is 7. The van der Waals surface area contributed by atoms with Gasteiger partial charge >= 0.3 is 6.18 Å². The van der Waals surface area contributed by atoms with Crippen molar-refractivity contribution in [2.45, 2.75) is 18.7 Å². The molecule has 2 aliphatic rings. The van der Waals surface area contributed by atoms with Crippen LogP contribution in [0.15, 0.2) is 131 Å². The molecule has 2 aliphatic heterocycles. The highest BCUT2D eigenvalue weighted by atomic mass is 32.1. The van der Waals surface area contributed by atoms with Crippen LogP contribution in [0.25, 0.3) is 23.7 Å². The lowest BCUT2D eigenvalue weighted by atomic mass is 9.92. The number of nitrogens with zero attached hydrogens (tertiary/aromatic N) is 3. The first kappa shape index (κ1) is 30.6. The van der Waals surface area contributed by atoms with Crippen molar-refractivity contribution in [1.82, 2.24) is 0 Å². The molecule has 0 bridgehead atoms. The molecule has 2 aromatic carbocycles. The summed E-state index contributed by atoms with van der Waals surface area (Å²) in [6.45, 7) is 0.762. The summed E-state index contributed by atoms with van der Waals surface area (Å²) in [6, 6.07) is 28.1. The predicted molar refractivity (Wildman–Crippen MR) is 167 cm³/mol. The molecule has 45 heavy (non-hydrogen) atoms. The highest BCUT2D eigenvalue weighted by Gasteiger charge is 2.60. The van der Waals surface area contributed by atoms with Crippen molar-refractivity contribution in [1.29, 1.82) is 15.8 Å². The van der Waals surface area contributed by atoms with E-state index >= 15 is 0 Å². The summed E-state index contributed by atoms with van der Waals surface area (Å²) >= 11 is 1.48. The van der Waals surface area contributed by atoms with Gasteiger partial charge in [0.05, 0.1) is 0 Å². The smallest absolute Gasteiger partial charge is 0.432 e. The Morgan fingerprint density at radius 1 is 0.800 bits per heavy atom. The quantitative estimate of drug-likeness (QED) is 0.203. The molecule has 0 fully saturated rings. The fourth-order valence-electron chi connectivity index (χ4n) is 4.63. The number of rotatable bonds is 6. The first-order valence-electron chi connectivity index (χ1n) is 13.5. The van der Waals surface area contributed by atoms with Crippen molar-refractivity contribution in [3.63, 3.8) is 0 Å². The van der Waals surface area contributed by atoms with Gasteiger partial charge in [-0.3, -0.25) is 0 Å². The number of nitriles is 3. The summed E-state index contributed by atoms with van der Waals surface area (Å²) in [7, 11) is 0. The second kappa shape index (κ2) is 12.8. The number of alkyl halides is 3. The molecule has 1 atom stereocenters. The van der Waals surface area contributed by atoms with Gasteiger partial charge in [0, 0.05) is 26.5 Å². The Balaban J connectivity index is 1.42. The van der Waals surface area contributed by atoms with Crippen molar-refractivity contribution in [2.24, 2.45) is 0 Å². The van der Waals surface area contributed by atoms with Gasteiger partial charge in [0.25, 0.3) is 0 Å². The van der Waals surface area contributed by atoms with Gasteiger partial charge < -0.3 is 9.47 Å². The summed E-state index contributed by atoms with van der Waals surface area (Å²) in [5, 5.41) is 27.9. The van der Waals surface area contributed by atoms with E-state index in [9.17, 15) is 18.4 Å². The maximum Gasteiger partial charge on any atom is 0.432 e. The molecule has 0 amide bonds. The highest BCUT2D eigenvalue weighted by Crippen LogP contribution is 2.49. The molecule has 5 nitrogen and oxygen atoms in total. The van der Waals surface area contributed by atoms with Gasteiger partial charge in [0.15, 0.2) is 11.3 Å². The number of benzene rings is 2. The maximum absolute atomic E-state index is 14.0. The summed E-state index contributed by atoms with van der Waals surface area (Å²) in [5.41, 5.74) is -1.80. The molecular weight excluding hydrogens is 595 g/mol. The van der Waals surface area contributed by atoms with Crippen LogP contribution >= 0.6 is 11.3 Å². The van der Waals surface area contributed by atoms with E-state index in [1.54, 1.807) is 18.2 Å². The van der Waals surface area contributed by atoms with Crippen LogP contribution in [-0.4, -0.2) is 11.8 Å². The van der Waals surface area contributed by atoms with Crippen molar-refractivity contribution < 1.29 is 22.6 Å². The minimum absolute atomic E-state index is 0.488. The zero-order valence-electron chi connectivity index (χ0n) is 23.7. The number of ether oxygens (including phenoxy) is 2. The van der Waals surface area contributed by atoms with Gasteiger partial charge in [0.2, 0.25) is 5.60 Å². The predicted octanol–water partition coefficient (Wildman–Crippen LogP) is 9.29. The first-order valence-corrected chi connectivity index (χ1v) is 14.3. The third kappa shape index (κ3) is 6.43. The standard InChI is InChI=1S/C36H22F3N3O2S/c1-35(36(37,38)39)31(30(23-42)34(44-35)27(21-40)22-41)15-9-8-14-28-16-17-29(45-28)18-24-19-32(25-10-4-2-5-11-25)43-33(20-24)26-12-6-3-7-13-26/h2-20H,1H3/b14-8+,15-9+. The first-order chi connectivity index (χ1) is 21.7. The normalized spacial score (nSPS) is 18.1. The molecule has 0 aliphatic carbocycles. The lowest BCUT2D eigenvalue weighted by Crippen LogP contribution is -2.43. The molecule has 0 spiro atoms. The Morgan fingerprint density at radius 3 is 1.89 bits per heavy atom. The van der Waals surface area contributed by atoms with Gasteiger partial charge in [-0.1, -0.05) is 78.9 Å². The Labute approximate surface area is 262 Å². The Kier molecular flexibility index (Phi) is 8.72. The number of hydrogen-bond acceptors (Lipinski definition) is 6. The zero-order chi connectivity index (χ0) is 32.0. The van der Waals surface area contributed by atoms with Crippen LogP contribution < -0.4 is 0 Å². The minimum Gasteiger partial charge on any atom is -0.470 e. The van der Waals surface area contributed by atoms with Gasteiger partial charge in [-0.05, 0) is 48.9 Å². The van der Waals surface area contributed by atoms with Crippen LogP contribution in [0.2, 0.25) is 0 Å². The molecule has 0 saturated heterocycles. The van der Waals surface area contributed by atoms with Crippen LogP contribution in [0.3, 0.4) is 0 Å². The molecular formula is C36H22F3N3O2S. The van der Waals surface area contributed by atoms with Gasteiger partial charge in [0.1, 0.15) is 35.3 Å². The van der Waals surface area contributed by atoms with Crippen molar-refractivity contribution in [2.75, 3.05) is 0 Å². The molecule has 220 valence electrons. The van der Waals surface area contributed by atoms with Crippen molar-refractivity contribution >= 4 is 35.0 Å². The van der Waals surface area contributed by atoms with E-state index in [2.05, 4.69) is 0 Å². The van der Waals surface area contributed by atoms with Gasteiger partial charge in [-0.2, -0.15) is 29.0 Å². The van der Waals surface area contributed by atoms with E-state index in [0.717, 1.165) is 39.5 Å². The van der Waals surface area contributed by atoms with E-state index in [1.165, 1.54) is 29.6 Å². The number of halogens is 3. The number of thiophene rings is 1. The van der Waals surface area contributed by atoms with Crippen LogP contribution in [0.4, 0.5) is 13.2 Å². The lowest BCUT2D eigenvalue weighted by Gasteiger charge is -2.28. The minimum atomic E-state index is -4.92. The third-order valence-electron chi connectivity index (χ3n) is 6.94. The molecule has 0 radical (unpaired) electrons. The molecule has 5 rings (SSSR count). The maximum atomic E-state index is 14.0. The second-order valence-corrected chi connectivity index (χ2v) is 11.1. The Morgan fingerprint density at radius 2 is 1.36 bits per heavy atom. The van der Waals surface area contributed by atoms with Gasteiger partial charge in [-0.25, -0.2) is 0 Å². The third-order valence-corrected chi connectivity index (χ3v) is 7.94. The molecule has 0 saturated carbocycles. The molecule has 1 unspecified atom stereocenters. The fourth-order valence-corrected chi connectivity index (χ4v) is 5.52. The summed E-state index contributed by atoms with van der Waals surface area (Å²) in [5.74, 6) is 0.754. The molecule has 3 aromatic rings. The topological polar surface area (TPSA) is 89.8 Å². The largest absolute Gasteiger partial charge is 0.470 e. The SMILES string of the molecule is CC1(C(F)(F)F)OC(=C(C#N)C#N)C(C#N)=C1/C=C/C=C/c1ccc(C=C2C=C(c3ccccc3)OC(c3ccccc3)=C2)s1. The molecule has 9 heteroatoms. The number of hydrogen-bond donors (Lipinski definition) is 0. The summed E-state index contributed by atoms with van der Waals surface area (Å²) < 4.78 is 53.4. The molecule has 1 aromatic heterocycles. The van der Waals surface area contributed by atoms with Crippen LogP contribution in [0.1, 0.15) is 27.8 Å². The Hall–Kier alpha value is -5.82. The lowest BCUT2D eigenvalue weighted by molar-refractivity contribution is -0.236. The van der Waals surface area contributed by atoms with Crippen molar-refractivity contribution in [3.05, 3.63) is 152 Å². The average molecular weight is 618 g/mol. The van der Waals surface area contributed by atoms with E-state index in [1.807, 2.05) is 91.0 Å². The monoisotopic (exact) mass is 617 g/mol. The fraction of sp³-hybridized carbons (Fsp3) is 0.0833. The van der Waals surface area contributed by atoms with Crippen LogP contribution in [0.5, 0.6) is 0 Å². The Bertz CT molecular complexity index is 1900. The van der Waals surface area contributed by atoms with E-state index in [-0.39, 0.29) is 0 Å². The van der Waals surface area contributed by atoms with E-state index < -0.39 is 34.3 Å². The van der Waals surface area contributed by atoms with E-state index in [0.29, 0.717) is 11.5 Å². The zero-order valence-corrected chi connectivity index (χ0v) is 24.5. The van der Waals surface area contributed by atoms with Crippen LogP contribution in [0, 0.1) is 34.0 Å². The molecule has 0 N–H and O–H groups in total. The van der Waals surface area contributed by atoms with Gasteiger partial charge in [-0.15, -0.1) is 11.3 Å². The summed E-state index contributed by atoms with van der Waals surface area (Å²) in [4.78, 5) is 1.78. The molecule has 3 heterocycles. The summed E-state index contributed by atoms with van der Waals surface area (Å²) in [6.07, 6.45) is 6.80. The van der Waals surface area contributed by atoms with Crippen LogP contribution in [-0.2, 0) is 9.47 Å². The second-order valence-electron chi connectivity index (χ2n) is 9.92. The van der Waals surface area contributed by atoms with Crippen molar-refractivity contribution in [3.8, 4) is 18.2 Å². The average Bonchev–Trinajstić information content (AvgIpc) is 3.62.